The monoisotopic (exact) mass is 185 g/mol. The summed E-state index contributed by atoms with van der Waals surface area (Å²) < 4.78 is 9.82. The van der Waals surface area contributed by atoms with E-state index in [0.29, 0.717) is 24.9 Å². The fraction of sp³-hybridized carbons (Fsp3) is 0.750. The van der Waals surface area contributed by atoms with Gasteiger partial charge in [0.25, 0.3) is 0 Å². The second-order valence-electron chi connectivity index (χ2n) is 2.71. The van der Waals surface area contributed by atoms with Gasteiger partial charge >= 0.3 is 0 Å². The van der Waals surface area contributed by atoms with Gasteiger partial charge in [0.2, 0.25) is 5.89 Å². The lowest BCUT2D eigenvalue weighted by atomic mass is 10.5. The fourth-order valence-electron chi connectivity index (χ4n) is 0.922. The molecule has 0 saturated carbocycles. The predicted octanol–water partition coefficient (Wildman–Crippen LogP) is 0.716. The first-order chi connectivity index (χ1) is 6.36. The van der Waals surface area contributed by atoms with E-state index in [1.807, 2.05) is 0 Å². The van der Waals surface area contributed by atoms with Crippen LogP contribution < -0.4 is 5.32 Å². The smallest absolute Gasteiger partial charge is 0.240 e. The maximum atomic E-state index is 4.96. The standard InChI is InChI=1S/C8H15N3O2/c1-3-4-9-5-8-10-7(6-12-2)11-13-8/h9H,3-6H2,1-2H3. The molecule has 0 aliphatic carbocycles. The van der Waals surface area contributed by atoms with Gasteiger partial charge in [-0.2, -0.15) is 4.98 Å². The molecule has 0 radical (unpaired) electrons. The molecular weight excluding hydrogens is 170 g/mol. The SMILES string of the molecule is CCCNCc1nc(COC)no1. The molecule has 0 atom stereocenters. The fourth-order valence-corrected chi connectivity index (χ4v) is 0.922. The first-order valence-corrected chi connectivity index (χ1v) is 4.38. The van der Waals surface area contributed by atoms with Gasteiger partial charge in [0.05, 0.1) is 6.54 Å². The van der Waals surface area contributed by atoms with Crippen LogP contribution in [0.3, 0.4) is 0 Å². The van der Waals surface area contributed by atoms with E-state index < -0.39 is 0 Å². The first-order valence-electron chi connectivity index (χ1n) is 4.38. The molecule has 1 rings (SSSR count). The van der Waals surface area contributed by atoms with Gasteiger partial charge in [-0.15, -0.1) is 0 Å². The zero-order valence-electron chi connectivity index (χ0n) is 8.04. The number of hydrogen-bond donors (Lipinski definition) is 1. The molecule has 1 N–H and O–H groups in total. The maximum absolute atomic E-state index is 4.96. The van der Waals surface area contributed by atoms with Crippen LogP contribution in [-0.4, -0.2) is 23.8 Å². The van der Waals surface area contributed by atoms with Crippen molar-refractivity contribution in [2.45, 2.75) is 26.5 Å². The minimum Gasteiger partial charge on any atom is -0.377 e. The van der Waals surface area contributed by atoms with Gasteiger partial charge in [0, 0.05) is 7.11 Å². The molecule has 0 amide bonds. The molecule has 1 aromatic heterocycles. The van der Waals surface area contributed by atoms with Crippen LogP contribution in [0.2, 0.25) is 0 Å². The van der Waals surface area contributed by atoms with Crippen molar-refractivity contribution in [3.05, 3.63) is 11.7 Å². The molecule has 0 bridgehead atoms. The van der Waals surface area contributed by atoms with Crippen LogP contribution in [0, 0.1) is 0 Å². The highest BCUT2D eigenvalue weighted by Gasteiger charge is 2.03. The van der Waals surface area contributed by atoms with Crippen LogP contribution in [0.25, 0.3) is 0 Å². The summed E-state index contributed by atoms with van der Waals surface area (Å²) in [5.41, 5.74) is 0. The molecule has 0 aromatic carbocycles. The van der Waals surface area contributed by atoms with Crippen molar-refractivity contribution in [1.82, 2.24) is 15.5 Å². The molecule has 1 heterocycles. The zero-order valence-corrected chi connectivity index (χ0v) is 8.04. The number of methoxy groups -OCH3 is 1. The highest BCUT2D eigenvalue weighted by Crippen LogP contribution is 1.97. The van der Waals surface area contributed by atoms with E-state index in [4.69, 9.17) is 9.26 Å². The lowest BCUT2D eigenvalue weighted by molar-refractivity contribution is 0.174. The topological polar surface area (TPSA) is 60.2 Å². The van der Waals surface area contributed by atoms with E-state index in [1.54, 1.807) is 7.11 Å². The van der Waals surface area contributed by atoms with Gasteiger partial charge in [-0.3, -0.25) is 0 Å². The number of nitrogens with one attached hydrogen (secondary N) is 1. The normalized spacial score (nSPS) is 10.6. The Kier molecular flexibility index (Phi) is 4.42. The van der Waals surface area contributed by atoms with Crippen LogP contribution >= 0.6 is 0 Å². The van der Waals surface area contributed by atoms with Crippen molar-refractivity contribution in [2.75, 3.05) is 13.7 Å². The van der Waals surface area contributed by atoms with Crippen molar-refractivity contribution in [1.29, 1.82) is 0 Å². The summed E-state index contributed by atoms with van der Waals surface area (Å²) in [7, 11) is 1.60. The van der Waals surface area contributed by atoms with Crippen LogP contribution in [0.15, 0.2) is 4.52 Å². The quantitative estimate of drug-likeness (QED) is 0.661. The molecule has 74 valence electrons. The molecular formula is C8H15N3O2. The summed E-state index contributed by atoms with van der Waals surface area (Å²) in [5.74, 6) is 1.20. The lowest BCUT2D eigenvalue weighted by Gasteiger charge is -1.95. The van der Waals surface area contributed by atoms with Crippen LogP contribution in [0.1, 0.15) is 25.1 Å². The van der Waals surface area contributed by atoms with Gasteiger partial charge < -0.3 is 14.6 Å². The Morgan fingerprint density at radius 1 is 1.54 bits per heavy atom. The number of nitrogens with zero attached hydrogens (tertiary/aromatic N) is 2. The second-order valence-corrected chi connectivity index (χ2v) is 2.71. The summed E-state index contributed by atoms with van der Waals surface area (Å²) >= 11 is 0. The molecule has 1 aromatic rings. The van der Waals surface area contributed by atoms with Gasteiger partial charge in [-0.25, -0.2) is 0 Å². The third kappa shape index (κ3) is 3.52. The Hall–Kier alpha value is -0.940. The average molecular weight is 185 g/mol. The van der Waals surface area contributed by atoms with E-state index in [1.165, 1.54) is 0 Å². The molecule has 0 unspecified atom stereocenters. The molecule has 13 heavy (non-hydrogen) atoms. The molecule has 5 heteroatoms. The van der Waals surface area contributed by atoms with Crippen molar-refractivity contribution in [2.24, 2.45) is 0 Å². The van der Waals surface area contributed by atoms with Crippen molar-refractivity contribution in [3.8, 4) is 0 Å². The largest absolute Gasteiger partial charge is 0.377 e. The van der Waals surface area contributed by atoms with Crippen LogP contribution in [0.4, 0.5) is 0 Å². The van der Waals surface area contributed by atoms with Crippen molar-refractivity contribution in [3.63, 3.8) is 0 Å². The molecule has 0 spiro atoms. The Labute approximate surface area is 77.5 Å². The average Bonchev–Trinajstić information content (AvgIpc) is 2.54. The number of rotatable bonds is 6. The van der Waals surface area contributed by atoms with Gasteiger partial charge in [-0.1, -0.05) is 12.1 Å². The molecule has 0 aliphatic heterocycles. The minimum atomic E-state index is 0.400. The summed E-state index contributed by atoms with van der Waals surface area (Å²) in [6.07, 6.45) is 1.10. The Bertz CT molecular complexity index is 237. The third-order valence-corrected chi connectivity index (χ3v) is 1.49. The summed E-state index contributed by atoms with van der Waals surface area (Å²) in [6.45, 7) is 4.10. The lowest BCUT2D eigenvalue weighted by Crippen LogP contribution is -2.13. The Morgan fingerprint density at radius 2 is 2.38 bits per heavy atom. The highest BCUT2D eigenvalue weighted by atomic mass is 16.5. The van der Waals surface area contributed by atoms with Gasteiger partial charge in [-0.05, 0) is 13.0 Å². The zero-order chi connectivity index (χ0) is 9.52. The van der Waals surface area contributed by atoms with Crippen LogP contribution in [-0.2, 0) is 17.9 Å². The van der Waals surface area contributed by atoms with Gasteiger partial charge in [0.15, 0.2) is 5.82 Å². The van der Waals surface area contributed by atoms with E-state index >= 15 is 0 Å². The summed E-state index contributed by atoms with van der Waals surface area (Å²) in [6, 6.07) is 0. The van der Waals surface area contributed by atoms with Crippen LogP contribution in [0.5, 0.6) is 0 Å². The summed E-state index contributed by atoms with van der Waals surface area (Å²) in [4.78, 5) is 4.11. The first kappa shape index (κ1) is 10.1. The minimum absolute atomic E-state index is 0.400. The van der Waals surface area contributed by atoms with Gasteiger partial charge in [0.1, 0.15) is 6.61 Å². The Morgan fingerprint density at radius 3 is 3.08 bits per heavy atom. The maximum Gasteiger partial charge on any atom is 0.240 e. The Balaban J connectivity index is 2.31. The number of ether oxygens (including phenoxy) is 1. The third-order valence-electron chi connectivity index (χ3n) is 1.49. The van der Waals surface area contributed by atoms with E-state index in [-0.39, 0.29) is 0 Å². The van der Waals surface area contributed by atoms with E-state index in [2.05, 4.69) is 22.4 Å². The number of hydrogen-bond acceptors (Lipinski definition) is 5. The van der Waals surface area contributed by atoms with Crippen molar-refractivity contribution >= 4 is 0 Å². The molecule has 0 fully saturated rings. The number of aromatic nitrogens is 2. The predicted molar refractivity (Wildman–Crippen MR) is 47.0 cm³/mol. The molecule has 0 saturated heterocycles. The van der Waals surface area contributed by atoms with Crippen molar-refractivity contribution < 1.29 is 9.26 Å². The summed E-state index contributed by atoms with van der Waals surface area (Å²) in [5, 5.41) is 6.90. The molecule has 0 aliphatic rings. The van der Waals surface area contributed by atoms with E-state index in [9.17, 15) is 0 Å². The molecule has 5 nitrogen and oxygen atoms in total. The second kappa shape index (κ2) is 5.66. The van der Waals surface area contributed by atoms with E-state index in [0.717, 1.165) is 13.0 Å². The highest BCUT2D eigenvalue weighted by molar-refractivity contribution is 4.83.